The number of ether oxygens (including phenoxy) is 1. The summed E-state index contributed by atoms with van der Waals surface area (Å²) < 4.78 is 6.96. The van der Waals surface area contributed by atoms with Crippen molar-refractivity contribution in [3.8, 4) is 5.75 Å². The second-order valence-electron chi connectivity index (χ2n) is 5.65. The van der Waals surface area contributed by atoms with Crippen LogP contribution in [0.3, 0.4) is 0 Å². The van der Waals surface area contributed by atoms with Crippen LogP contribution in [0, 0.1) is 6.92 Å². The van der Waals surface area contributed by atoms with E-state index in [2.05, 4.69) is 10.4 Å². The second-order valence-corrected chi connectivity index (χ2v) is 5.65. The summed E-state index contributed by atoms with van der Waals surface area (Å²) in [5, 5.41) is 8.88. The van der Waals surface area contributed by atoms with Gasteiger partial charge in [0.2, 0.25) is 0 Å². The lowest BCUT2D eigenvalue weighted by Gasteiger charge is -2.10. The molecule has 0 aliphatic carbocycles. The molecule has 3 aromatic rings. The first-order valence-electron chi connectivity index (χ1n) is 8.05. The van der Waals surface area contributed by atoms with Gasteiger partial charge in [0.15, 0.2) is 6.61 Å². The first-order chi connectivity index (χ1) is 12.1. The van der Waals surface area contributed by atoms with E-state index in [9.17, 15) is 9.59 Å². The Labute approximate surface area is 145 Å². The SMILES string of the molecule is Cc1ccc(=O)n(CCNC(=O)COc2cccc3ccccc23)n1. The van der Waals surface area contributed by atoms with Gasteiger partial charge in [-0.3, -0.25) is 9.59 Å². The Bertz CT molecular complexity index is 945. The predicted molar refractivity (Wildman–Crippen MR) is 95.7 cm³/mol. The zero-order chi connectivity index (χ0) is 17.6. The minimum absolute atomic E-state index is 0.0792. The Hall–Kier alpha value is -3.15. The molecule has 1 heterocycles. The number of aryl methyl sites for hydroxylation is 1. The van der Waals surface area contributed by atoms with Crippen LogP contribution < -0.4 is 15.6 Å². The molecule has 25 heavy (non-hydrogen) atoms. The number of nitrogens with zero attached hydrogens (tertiary/aromatic N) is 2. The number of carbonyl (C=O) groups excluding carboxylic acids is 1. The van der Waals surface area contributed by atoms with Crippen molar-refractivity contribution in [3.05, 3.63) is 70.6 Å². The summed E-state index contributed by atoms with van der Waals surface area (Å²) in [6.07, 6.45) is 0. The lowest BCUT2D eigenvalue weighted by atomic mass is 10.1. The molecule has 0 aliphatic rings. The number of benzene rings is 2. The molecule has 6 heteroatoms. The van der Waals surface area contributed by atoms with E-state index in [1.54, 1.807) is 6.07 Å². The molecule has 0 atom stereocenters. The minimum Gasteiger partial charge on any atom is -0.483 e. The average Bonchev–Trinajstić information content (AvgIpc) is 2.63. The van der Waals surface area contributed by atoms with Crippen LogP contribution in [-0.2, 0) is 11.3 Å². The smallest absolute Gasteiger partial charge is 0.266 e. The molecule has 0 saturated heterocycles. The number of aromatic nitrogens is 2. The van der Waals surface area contributed by atoms with Crippen molar-refractivity contribution in [1.82, 2.24) is 15.1 Å². The fourth-order valence-electron chi connectivity index (χ4n) is 2.53. The summed E-state index contributed by atoms with van der Waals surface area (Å²) in [5.74, 6) is 0.429. The lowest BCUT2D eigenvalue weighted by Crippen LogP contribution is -2.34. The number of hydrogen-bond acceptors (Lipinski definition) is 4. The molecule has 128 valence electrons. The van der Waals surface area contributed by atoms with Crippen LogP contribution in [-0.4, -0.2) is 28.8 Å². The van der Waals surface area contributed by atoms with E-state index < -0.39 is 0 Å². The molecule has 6 nitrogen and oxygen atoms in total. The van der Waals surface area contributed by atoms with Crippen LogP contribution in [0.4, 0.5) is 0 Å². The summed E-state index contributed by atoms with van der Waals surface area (Å²) in [7, 11) is 0. The van der Waals surface area contributed by atoms with Gasteiger partial charge in [-0.2, -0.15) is 5.10 Å². The van der Waals surface area contributed by atoms with E-state index in [0.717, 1.165) is 16.5 Å². The summed E-state index contributed by atoms with van der Waals surface area (Å²) in [6.45, 7) is 2.37. The maximum atomic E-state index is 12.0. The molecule has 0 radical (unpaired) electrons. The molecule has 0 bridgehead atoms. The van der Waals surface area contributed by atoms with E-state index in [4.69, 9.17) is 4.74 Å². The van der Waals surface area contributed by atoms with Gasteiger partial charge in [-0.15, -0.1) is 0 Å². The average molecular weight is 337 g/mol. The van der Waals surface area contributed by atoms with Gasteiger partial charge in [0.1, 0.15) is 5.75 Å². The van der Waals surface area contributed by atoms with Crippen LogP contribution in [0.25, 0.3) is 10.8 Å². The first kappa shape index (κ1) is 16.7. The summed E-state index contributed by atoms with van der Waals surface area (Å²) in [6, 6.07) is 16.7. The van der Waals surface area contributed by atoms with Gasteiger partial charge in [-0.25, -0.2) is 4.68 Å². The zero-order valence-corrected chi connectivity index (χ0v) is 13.9. The molecule has 3 rings (SSSR count). The van der Waals surface area contributed by atoms with Gasteiger partial charge in [-0.05, 0) is 24.4 Å². The van der Waals surface area contributed by atoms with E-state index >= 15 is 0 Å². The third-order valence-corrected chi connectivity index (χ3v) is 3.75. The van der Waals surface area contributed by atoms with Crippen molar-refractivity contribution in [2.75, 3.05) is 13.2 Å². The Kier molecular flexibility index (Phi) is 5.09. The van der Waals surface area contributed by atoms with Gasteiger partial charge in [0.25, 0.3) is 11.5 Å². The van der Waals surface area contributed by atoms with Crippen LogP contribution in [0.15, 0.2) is 59.4 Å². The largest absolute Gasteiger partial charge is 0.483 e. The molecule has 0 saturated carbocycles. The predicted octanol–water partition coefficient (Wildman–Crippen LogP) is 1.90. The molecule has 0 spiro atoms. The van der Waals surface area contributed by atoms with Crippen LogP contribution in [0.2, 0.25) is 0 Å². The lowest BCUT2D eigenvalue weighted by molar-refractivity contribution is -0.123. The summed E-state index contributed by atoms with van der Waals surface area (Å²) >= 11 is 0. The Morgan fingerprint density at radius 2 is 1.92 bits per heavy atom. The Morgan fingerprint density at radius 1 is 1.12 bits per heavy atom. The summed E-state index contributed by atoms with van der Waals surface area (Å²) in [4.78, 5) is 23.6. The molecule has 1 amide bonds. The van der Waals surface area contributed by atoms with Gasteiger partial charge >= 0.3 is 0 Å². The van der Waals surface area contributed by atoms with Gasteiger partial charge < -0.3 is 10.1 Å². The first-order valence-corrected chi connectivity index (χ1v) is 8.05. The number of fused-ring (bicyclic) bond motifs is 1. The number of carbonyl (C=O) groups is 1. The molecule has 0 fully saturated rings. The number of hydrogen-bond donors (Lipinski definition) is 1. The van der Waals surface area contributed by atoms with E-state index in [-0.39, 0.29) is 18.1 Å². The standard InChI is InChI=1S/C19H19N3O3/c1-14-9-10-19(24)22(21-14)12-11-20-18(23)13-25-17-8-4-6-15-5-2-3-7-16(15)17/h2-10H,11-13H2,1H3,(H,20,23). The number of nitrogens with one attached hydrogen (secondary N) is 1. The van der Waals surface area contributed by atoms with Gasteiger partial charge in [0.05, 0.1) is 12.2 Å². The topological polar surface area (TPSA) is 73.2 Å². The molecule has 1 aromatic heterocycles. The number of amides is 1. The second kappa shape index (κ2) is 7.61. The van der Waals surface area contributed by atoms with Crippen LogP contribution in [0.5, 0.6) is 5.75 Å². The van der Waals surface area contributed by atoms with E-state index in [1.807, 2.05) is 49.4 Å². The maximum absolute atomic E-state index is 12.0. The fourth-order valence-corrected chi connectivity index (χ4v) is 2.53. The highest BCUT2D eigenvalue weighted by molar-refractivity contribution is 5.88. The normalized spacial score (nSPS) is 10.6. The highest BCUT2D eigenvalue weighted by atomic mass is 16.5. The molecule has 0 aliphatic heterocycles. The third-order valence-electron chi connectivity index (χ3n) is 3.75. The number of rotatable bonds is 6. The Morgan fingerprint density at radius 3 is 2.80 bits per heavy atom. The van der Waals surface area contributed by atoms with Crippen LogP contribution >= 0.6 is 0 Å². The Balaban J connectivity index is 1.53. The highest BCUT2D eigenvalue weighted by Crippen LogP contribution is 2.24. The quantitative estimate of drug-likeness (QED) is 0.746. The van der Waals surface area contributed by atoms with Gasteiger partial charge in [0, 0.05) is 18.0 Å². The minimum atomic E-state index is -0.242. The van der Waals surface area contributed by atoms with Gasteiger partial charge in [-0.1, -0.05) is 36.4 Å². The zero-order valence-electron chi connectivity index (χ0n) is 13.9. The summed E-state index contributed by atoms with van der Waals surface area (Å²) in [5.41, 5.74) is 0.567. The van der Waals surface area contributed by atoms with E-state index in [1.165, 1.54) is 10.7 Å². The molecule has 2 aromatic carbocycles. The molecular weight excluding hydrogens is 318 g/mol. The highest BCUT2D eigenvalue weighted by Gasteiger charge is 2.06. The van der Waals surface area contributed by atoms with Crippen molar-refractivity contribution in [1.29, 1.82) is 0 Å². The van der Waals surface area contributed by atoms with Crippen molar-refractivity contribution in [3.63, 3.8) is 0 Å². The van der Waals surface area contributed by atoms with Crippen molar-refractivity contribution >= 4 is 16.7 Å². The van der Waals surface area contributed by atoms with Crippen molar-refractivity contribution < 1.29 is 9.53 Å². The van der Waals surface area contributed by atoms with Crippen LogP contribution in [0.1, 0.15) is 5.69 Å². The van der Waals surface area contributed by atoms with Crippen molar-refractivity contribution in [2.24, 2.45) is 0 Å². The third kappa shape index (κ3) is 4.23. The van der Waals surface area contributed by atoms with Crippen molar-refractivity contribution in [2.45, 2.75) is 13.5 Å². The monoisotopic (exact) mass is 337 g/mol. The molecule has 0 unspecified atom stereocenters. The van der Waals surface area contributed by atoms with E-state index in [0.29, 0.717) is 18.8 Å². The maximum Gasteiger partial charge on any atom is 0.266 e. The molecular formula is C19H19N3O3. The molecule has 1 N–H and O–H groups in total. The fraction of sp³-hybridized carbons (Fsp3) is 0.211.